The van der Waals surface area contributed by atoms with Gasteiger partial charge in [0.1, 0.15) is 0 Å². The molecule has 1 rings (SSSR count). The summed E-state index contributed by atoms with van der Waals surface area (Å²) >= 11 is 1.59. The van der Waals surface area contributed by atoms with E-state index in [1.54, 1.807) is 30.2 Å². The fourth-order valence-electron chi connectivity index (χ4n) is 1.09. The van der Waals surface area contributed by atoms with E-state index in [0.29, 0.717) is 13.0 Å². The zero-order valence-corrected chi connectivity index (χ0v) is 10.3. The summed E-state index contributed by atoms with van der Waals surface area (Å²) in [5.74, 6) is 5.89. The van der Waals surface area contributed by atoms with Crippen molar-refractivity contribution >= 4 is 17.2 Å². The number of carbonyl (C=O) groups is 1. The van der Waals surface area contributed by atoms with Crippen molar-refractivity contribution in [3.8, 4) is 11.8 Å². The number of hydrogen-bond acceptors (Lipinski definition) is 3. The van der Waals surface area contributed by atoms with Gasteiger partial charge in [-0.3, -0.25) is 4.79 Å². The van der Waals surface area contributed by atoms with E-state index in [9.17, 15) is 4.79 Å². The predicted molar refractivity (Wildman–Crippen MR) is 65.0 cm³/mol. The van der Waals surface area contributed by atoms with Gasteiger partial charge in [0.2, 0.25) is 5.91 Å². The molecular formula is C12H15NO2S. The van der Waals surface area contributed by atoms with E-state index in [1.807, 2.05) is 11.4 Å². The van der Waals surface area contributed by atoms with Crippen molar-refractivity contribution in [1.82, 2.24) is 4.90 Å². The van der Waals surface area contributed by atoms with Crippen LogP contribution in [-0.4, -0.2) is 29.6 Å². The van der Waals surface area contributed by atoms with Crippen LogP contribution in [-0.2, 0) is 11.3 Å². The van der Waals surface area contributed by atoms with Crippen molar-refractivity contribution in [3.05, 3.63) is 21.9 Å². The third kappa shape index (κ3) is 4.05. The van der Waals surface area contributed by atoms with Crippen LogP contribution in [0.2, 0.25) is 0 Å². The van der Waals surface area contributed by atoms with Gasteiger partial charge >= 0.3 is 0 Å². The number of amides is 1. The van der Waals surface area contributed by atoms with Gasteiger partial charge in [-0.25, -0.2) is 0 Å². The number of nitrogens with zero attached hydrogens (tertiary/aromatic N) is 1. The highest BCUT2D eigenvalue weighted by atomic mass is 32.1. The van der Waals surface area contributed by atoms with E-state index in [1.165, 1.54) is 0 Å². The summed E-state index contributed by atoms with van der Waals surface area (Å²) in [5, 5.41) is 10.6. The van der Waals surface area contributed by atoms with E-state index in [4.69, 9.17) is 5.11 Å². The Hall–Kier alpha value is -1.31. The lowest BCUT2D eigenvalue weighted by molar-refractivity contribution is -0.128. The minimum Gasteiger partial charge on any atom is -0.395 e. The molecule has 1 aromatic heterocycles. The van der Waals surface area contributed by atoms with E-state index in [0.717, 1.165) is 10.4 Å². The van der Waals surface area contributed by atoms with Crippen LogP contribution in [0.4, 0.5) is 0 Å². The van der Waals surface area contributed by atoms with Crippen molar-refractivity contribution in [1.29, 1.82) is 0 Å². The molecule has 16 heavy (non-hydrogen) atoms. The quantitative estimate of drug-likeness (QED) is 0.809. The number of thiophene rings is 1. The number of aliphatic hydroxyl groups is 1. The second kappa shape index (κ2) is 6.31. The Kier molecular flexibility index (Phi) is 5.03. The maximum atomic E-state index is 11.0. The molecule has 1 heterocycles. The van der Waals surface area contributed by atoms with Crippen LogP contribution < -0.4 is 0 Å². The highest BCUT2D eigenvalue weighted by Crippen LogP contribution is 2.15. The highest BCUT2D eigenvalue weighted by molar-refractivity contribution is 7.10. The monoisotopic (exact) mass is 237 g/mol. The molecule has 0 aromatic carbocycles. The Morgan fingerprint density at radius 2 is 2.38 bits per heavy atom. The SMILES string of the molecule is CC(=O)N(C)Cc1cc(C#CCCO)cs1. The normalized spacial score (nSPS) is 9.44. The van der Waals surface area contributed by atoms with E-state index in [2.05, 4.69) is 11.8 Å². The minimum absolute atomic E-state index is 0.0568. The second-order valence-electron chi connectivity index (χ2n) is 3.45. The van der Waals surface area contributed by atoms with Crippen molar-refractivity contribution in [3.63, 3.8) is 0 Å². The smallest absolute Gasteiger partial charge is 0.219 e. The first-order valence-corrected chi connectivity index (χ1v) is 5.90. The van der Waals surface area contributed by atoms with E-state index >= 15 is 0 Å². The number of carbonyl (C=O) groups excluding carboxylic acids is 1. The topological polar surface area (TPSA) is 40.5 Å². The van der Waals surface area contributed by atoms with Gasteiger partial charge in [0.25, 0.3) is 0 Å². The van der Waals surface area contributed by atoms with E-state index in [-0.39, 0.29) is 12.5 Å². The lowest BCUT2D eigenvalue weighted by Gasteiger charge is -2.12. The summed E-state index contributed by atoms with van der Waals surface area (Å²) < 4.78 is 0. The van der Waals surface area contributed by atoms with Gasteiger partial charge in [0, 0.05) is 36.2 Å². The molecule has 0 aliphatic carbocycles. The molecule has 0 saturated carbocycles. The summed E-state index contributed by atoms with van der Waals surface area (Å²) in [4.78, 5) is 13.8. The van der Waals surface area contributed by atoms with Crippen molar-refractivity contribution in [2.75, 3.05) is 13.7 Å². The summed E-state index contributed by atoms with van der Waals surface area (Å²) in [7, 11) is 1.78. The molecular weight excluding hydrogens is 222 g/mol. The summed E-state index contributed by atoms with van der Waals surface area (Å²) in [6.45, 7) is 2.27. The van der Waals surface area contributed by atoms with Gasteiger partial charge in [-0.05, 0) is 6.07 Å². The largest absolute Gasteiger partial charge is 0.395 e. The third-order valence-electron chi connectivity index (χ3n) is 2.05. The van der Waals surface area contributed by atoms with E-state index < -0.39 is 0 Å². The minimum atomic E-state index is 0.0568. The molecule has 0 spiro atoms. The molecule has 4 heteroatoms. The molecule has 0 aliphatic heterocycles. The molecule has 0 fully saturated rings. The van der Waals surface area contributed by atoms with Gasteiger partial charge in [-0.1, -0.05) is 11.8 Å². The van der Waals surface area contributed by atoms with Crippen molar-refractivity contribution in [2.24, 2.45) is 0 Å². The molecule has 3 nitrogen and oxygen atoms in total. The van der Waals surface area contributed by atoms with Crippen LogP contribution in [0.3, 0.4) is 0 Å². The third-order valence-corrected chi connectivity index (χ3v) is 2.98. The lowest BCUT2D eigenvalue weighted by Crippen LogP contribution is -2.22. The van der Waals surface area contributed by atoms with Gasteiger partial charge < -0.3 is 10.0 Å². The molecule has 0 atom stereocenters. The van der Waals surface area contributed by atoms with Gasteiger partial charge in [0.15, 0.2) is 0 Å². The summed E-state index contributed by atoms with van der Waals surface area (Å²) in [6.07, 6.45) is 0.499. The molecule has 1 N–H and O–H groups in total. The van der Waals surface area contributed by atoms with Crippen molar-refractivity contribution in [2.45, 2.75) is 19.9 Å². The molecule has 1 aromatic rings. The zero-order valence-electron chi connectivity index (χ0n) is 9.49. The molecule has 0 bridgehead atoms. The average Bonchev–Trinajstić information content (AvgIpc) is 2.66. The van der Waals surface area contributed by atoms with Crippen LogP contribution in [0, 0.1) is 11.8 Å². The van der Waals surface area contributed by atoms with Crippen LogP contribution >= 0.6 is 11.3 Å². The number of aliphatic hydroxyl groups excluding tert-OH is 1. The maximum Gasteiger partial charge on any atom is 0.219 e. The first-order valence-electron chi connectivity index (χ1n) is 5.02. The van der Waals surface area contributed by atoms with Gasteiger partial charge in [-0.2, -0.15) is 0 Å². The Balaban J connectivity index is 2.59. The van der Waals surface area contributed by atoms with Crippen LogP contribution in [0.5, 0.6) is 0 Å². The highest BCUT2D eigenvalue weighted by Gasteiger charge is 2.04. The average molecular weight is 237 g/mol. The second-order valence-corrected chi connectivity index (χ2v) is 4.45. The fraction of sp³-hybridized carbons (Fsp3) is 0.417. The Morgan fingerprint density at radius 1 is 1.62 bits per heavy atom. The zero-order chi connectivity index (χ0) is 12.0. The van der Waals surface area contributed by atoms with Crippen LogP contribution in [0.15, 0.2) is 11.4 Å². The number of rotatable bonds is 3. The molecule has 0 radical (unpaired) electrons. The van der Waals surface area contributed by atoms with Gasteiger partial charge in [0.05, 0.1) is 13.2 Å². The van der Waals surface area contributed by atoms with Crippen LogP contribution in [0.1, 0.15) is 23.8 Å². The molecule has 0 saturated heterocycles. The van der Waals surface area contributed by atoms with Gasteiger partial charge in [-0.15, -0.1) is 11.3 Å². The summed E-state index contributed by atoms with van der Waals surface area (Å²) in [6, 6.07) is 1.98. The first kappa shape index (κ1) is 12.8. The van der Waals surface area contributed by atoms with Crippen molar-refractivity contribution < 1.29 is 9.90 Å². The van der Waals surface area contributed by atoms with Crippen LogP contribution in [0.25, 0.3) is 0 Å². The maximum absolute atomic E-state index is 11.0. The molecule has 0 unspecified atom stereocenters. The Labute approximate surface area is 99.7 Å². The lowest BCUT2D eigenvalue weighted by atomic mass is 10.3. The first-order chi connectivity index (χ1) is 7.63. The molecule has 0 aliphatic rings. The fourth-order valence-corrected chi connectivity index (χ4v) is 1.96. The summed E-state index contributed by atoms with van der Waals surface area (Å²) in [5.41, 5.74) is 0.949. The Morgan fingerprint density at radius 3 is 3.00 bits per heavy atom. The predicted octanol–water partition coefficient (Wildman–Crippen LogP) is 1.46. The molecule has 1 amide bonds. The standard InChI is InChI=1S/C12H15NO2S/c1-10(15)13(2)8-12-7-11(9-16-12)5-3-4-6-14/h7,9,14H,4,6,8H2,1-2H3. The number of hydrogen-bond donors (Lipinski definition) is 1. The Bertz CT molecular complexity index is 414. The molecule has 86 valence electrons.